The van der Waals surface area contributed by atoms with E-state index in [1.54, 1.807) is 12.1 Å². The Hall–Kier alpha value is -2.40. The van der Waals surface area contributed by atoms with Crippen LogP contribution in [0.25, 0.3) is 17.3 Å². The van der Waals surface area contributed by atoms with Crippen molar-refractivity contribution in [2.75, 3.05) is 0 Å². The van der Waals surface area contributed by atoms with Gasteiger partial charge in [-0.3, -0.25) is 0 Å². The fourth-order valence-electron chi connectivity index (χ4n) is 1.49. The van der Waals surface area contributed by atoms with Crippen molar-refractivity contribution in [1.29, 1.82) is 5.26 Å². The minimum atomic E-state index is 0.551. The highest BCUT2D eigenvalue weighted by Crippen LogP contribution is 2.18. The van der Waals surface area contributed by atoms with E-state index >= 15 is 0 Å². The van der Waals surface area contributed by atoms with Gasteiger partial charge in [-0.15, -0.1) is 0 Å². The van der Waals surface area contributed by atoms with E-state index in [1.807, 2.05) is 36.4 Å². The second-order valence-electron chi connectivity index (χ2n) is 3.31. The Balaban J connectivity index is 2.53. The Morgan fingerprint density at radius 1 is 1.12 bits per heavy atom. The molecule has 2 rings (SSSR count). The van der Waals surface area contributed by atoms with Crippen LogP contribution in [0.3, 0.4) is 0 Å². The molecule has 0 saturated carbocycles. The van der Waals surface area contributed by atoms with Gasteiger partial charge in [-0.05, 0) is 18.2 Å². The van der Waals surface area contributed by atoms with E-state index in [9.17, 15) is 0 Å². The molecule has 0 aliphatic heterocycles. The van der Waals surface area contributed by atoms with Crippen LogP contribution in [0.2, 0.25) is 0 Å². The lowest BCUT2D eigenvalue weighted by atomic mass is 10.1. The third kappa shape index (κ3) is 1.84. The average Bonchev–Trinajstić information content (AvgIpc) is 2.39. The summed E-state index contributed by atoms with van der Waals surface area (Å²) in [5, 5.41) is 8.87. The molecule has 0 amide bonds. The lowest BCUT2D eigenvalue weighted by Crippen LogP contribution is -1.90. The monoisotopic (exact) mass is 206 g/mol. The normalized spacial score (nSPS) is 9.44. The number of nitrogens with zero attached hydrogens (tertiary/aromatic N) is 2. The van der Waals surface area contributed by atoms with Gasteiger partial charge in [0.2, 0.25) is 0 Å². The molecule has 1 aromatic carbocycles. The number of benzene rings is 1. The standard InChI is InChI=1S/C14H10N2/c1-2-13-12(10-15)8-9-14(16-13)11-6-4-3-5-7-11/h2-9H,1H2. The van der Waals surface area contributed by atoms with Crippen molar-refractivity contribution in [2.45, 2.75) is 0 Å². The van der Waals surface area contributed by atoms with E-state index in [2.05, 4.69) is 17.6 Å². The van der Waals surface area contributed by atoms with Crippen molar-refractivity contribution >= 4 is 6.08 Å². The molecule has 0 aliphatic carbocycles. The first-order valence-corrected chi connectivity index (χ1v) is 4.94. The molecule has 2 heteroatoms. The highest BCUT2D eigenvalue weighted by molar-refractivity contribution is 5.63. The number of pyridine rings is 1. The Kier molecular flexibility index (Phi) is 2.79. The number of hydrogen-bond acceptors (Lipinski definition) is 2. The summed E-state index contributed by atoms with van der Waals surface area (Å²) in [6.45, 7) is 3.66. The van der Waals surface area contributed by atoms with Gasteiger partial charge in [0, 0.05) is 5.56 Å². The molecule has 0 saturated heterocycles. The van der Waals surface area contributed by atoms with Crippen LogP contribution in [0.4, 0.5) is 0 Å². The Morgan fingerprint density at radius 2 is 1.88 bits per heavy atom. The summed E-state index contributed by atoms with van der Waals surface area (Å²) in [6, 6.07) is 15.6. The Bertz CT molecular complexity index is 551. The molecule has 0 fully saturated rings. The minimum Gasteiger partial charge on any atom is -0.247 e. The van der Waals surface area contributed by atoms with E-state index < -0.39 is 0 Å². The second kappa shape index (κ2) is 4.41. The highest BCUT2D eigenvalue weighted by atomic mass is 14.7. The molecule has 0 aliphatic rings. The van der Waals surface area contributed by atoms with Crippen molar-refractivity contribution in [3.63, 3.8) is 0 Å². The van der Waals surface area contributed by atoms with Gasteiger partial charge in [-0.25, -0.2) is 4.98 Å². The fourth-order valence-corrected chi connectivity index (χ4v) is 1.49. The van der Waals surface area contributed by atoms with Crippen molar-refractivity contribution in [3.8, 4) is 17.3 Å². The molecular weight excluding hydrogens is 196 g/mol. The van der Waals surface area contributed by atoms with Crippen LogP contribution in [0.15, 0.2) is 49.0 Å². The molecule has 0 bridgehead atoms. The highest BCUT2D eigenvalue weighted by Gasteiger charge is 2.03. The summed E-state index contributed by atoms with van der Waals surface area (Å²) in [6.07, 6.45) is 1.60. The molecular formula is C14H10N2. The van der Waals surface area contributed by atoms with Crippen LogP contribution in [0.1, 0.15) is 11.3 Å². The summed E-state index contributed by atoms with van der Waals surface area (Å²) in [5.74, 6) is 0. The average molecular weight is 206 g/mol. The number of aromatic nitrogens is 1. The van der Waals surface area contributed by atoms with Gasteiger partial charge in [0.1, 0.15) is 6.07 Å². The summed E-state index contributed by atoms with van der Waals surface area (Å²) < 4.78 is 0. The second-order valence-corrected chi connectivity index (χ2v) is 3.31. The zero-order valence-electron chi connectivity index (χ0n) is 8.72. The van der Waals surface area contributed by atoms with Gasteiger partial charge in [0.05, 0.1) is 17.0 Å². The first-order chi connectivity index (χ1) is 7.85. The molecule has 0 N–H and O–H groups in total. The van der Waals surface area contributed by atoms with E-state index in [0.717, 1.165) is 11.3 Å². The lowest BCUT2D eigenvalue weighted by Gasteiger charge is -2.03. The number of nitriles is 1. The van der Waals surface area contributed by atoms with E-state index in [-0.39, 0.29) is 0 Å². The predicted molar refractivity (Wildman–Crippen MR) is 64.5 cm³/mol. The van der Waals surface area contributed by atoms with Crippen LogP contribution < -0.4 is 0 Å². The van der Waals surface area contributed by atoms with Crippen LogP contribution >= 0.6 is 0 Å². The van der Waals surface area contributed by atoms with E-state index in [4.69, 9.17) is 5.26 Å². The molecule has 2 aromatic rings. The summed E-state index contributed by atoms with van der Waals surface area (Å²) in [7, 11) is 0. The fraction of sp³-hybridized carbons (Fsp3) is 0. The molecule has 0 spiro atoms. The molecule has 0 unspecified atom stereocenters. The molecule has 16 heavy (non-hydrogen) atoms. The van der Waals surface area contributed by atoms with Gasteiger partial charge in [-0.1, -0.05) is 36.9 Å². The van der Waals surface area contributed by atoms with Crippen LogP contribution in [-0.4, -0.2) is 4.98 Å². The smallest absolute Gasteiger partial charge is 0.101 e. The maximum absolute atomic E-state index is 8.87. The third-order valence-electron chi connectivity index (χ3n) is 2.31. The van der Waals surface area contributed by atoms with Gasteiger partial charge in [0.15, 0.2) is 0 Å². The van der Waals surface area contributed by atoms with Crippen LogP contribution in [-0.2, 0) is 0 Å². The van der Waals surface area contributed by atoms with Gasteiger partial charge in [-0.2, -0.15) is 5.26 Å². The molecule has 2 nitrogen and oxygen atoms in total. The van der Waals surface area contributed by atoms with Gasteiger partial charge >= 0.3 is 0 Å². The molecule has 1 heterocycles. The summed E-state index contributed by atoms with van der Waals surface area (Å²) in [4.78, 5) is 4.39. The summed E-state index contributed by atoms with van der Waals surface area (Å²) >= 11 is 0. The summed E-state index contributed by atoms with van der Waals surface area (Å²) in [5.41, 5.74) is 3.07. The Labute approximate surface area is 94.5 Å². The van der Waals surface area contributed by atoms with Crippen molar-refractivity contribution in [1.82, 2.24) is 4.98 Å². The zero-order valence-corrected chi connectivity index (χ0v) is 8.72. The molecule has 0 radical (unpaired) electrons. The van der Waals surface area contributed by atoms with Crippen molar-refractivity contribution in [3.05, 3.63) is 60.3 Å². The molecule has 1 aromatic heterocycles. The number of rotatable bonds is 2. The quantitative estimate of drug-likeness (QED) is 0.756. The van der Waals surface area contributed by atoms with Gasteiger partial charge < -0.3 is 0 Å². The minimum absolute atomic E-state index is 0.551. The maximum Gasteiger partial charge on any atom is 0.101 e. The largest absolute Gasteiger partial charge is 0.247 e. The van der Waals surface area contributed by atoms with Crippen LogP contribution in [0, 0.1) is 11.3 Å². The molecule has 76 valence electrons. The third-order valence-corrected chi connectivity index (χ3v) is 2.31. The maximum atomic E-state index is 8.87. The van der Waals surface area contributed by atoms with Gasteiger partial charge in [0.25, 0.3) is 0 Å². The van der Waals surface area contributed by atoms with E-state index in [1.165, 1.54) is 0 Å². The predicted octanol–water partition coefficient (Wildman–Crippen LogP) is 3.26. The first-order valence-electron chi connectivity index (χ1n) is 4.94. The van der Waals surface area contributed by atoms with Crippen molar-refractivity contribution < 1.29 is 0 Å². The van der Waals surface area contributed by atoms with E-state index in [0.29, 0.717) is 11.3 Å². The number of hydrogen-bond donors (Lipinski definition) is 0. The first kappa shape index (κ1) is 10.1. The topological polar surface area (TPSA) is 36.7 Å². The zero-order chi connectivity index (χ0) is 11.4. The SMILES string of the molecule is C=Cc1nc(-c2ccccc2)ccc1C#N. The van der Waals surface area contributed by atoms with Crippen LogP contribution in [0.5, 0.6) is 0 Å². The lowest BCUT2D eigenvalue weighted by molar-refractivity contribution is 1.27. The van der Waals surface area contributed by atoms with Crippen molar-refractivity contribution in [2.24, 2.45) is 0 Å². The Morgan fingerprint density at radius 3 is 2.50 bits per heavy atom. The molecule has 0 atom stereocenters.